The molecule has 0 bridgehead atoms. The number of anilines is 2. The fourth-order valence-corrected chi connectivity index (χ4v) is 3.58. The van der Waals surface area contributed by atoms with Gasteiger partial charge in [-0.2, -0.15) is 0 Å². The van der Waals surface area contributed by atoms with E-state index in [4.69, 9.17) is 9.47 Å². The van der Waals surface area contributed by atoms with E-state index in [0.717, 1.165) is 51.4 Å². The summed E-state index contributed by atoms with van der Waals surface area (Å²) in [4.78, 5) is 21.7. The summed E-state index contributed by atoms with van der Waals surface area (Å²) in [5.41, 5.74) is 1.23. The van der Waals surface area contributed by atoms with Gasteiger partial charge in [0.2, 0.25) is 0 Å². The van der Waals surface area contributed by atoms with Crippen LogP contribution in [0.5, 0.6) is 5.75 Å². The molecule has 2 fully saturated rings. The molecule has 0 radical (unpaired) electrons. The van der Waals surface area contributed by atoms with E-state index in [1.165, 1.54) is 0 Å². The van der Waals surface area contributed by atoms with Crippen molar-refractivity contribution in [2.45, 2.75) is 18.9 Å². The summed E-state index contributed by atoms with van der Waals surface area (Å²) in [5, 5.41) is 2.91. The third-order valence-electron chi connectivity index (χ3n) is 5.39. The normalized spacial score (nSPS) is 19.9. The van der Waals surface area contributed by atoms with Gasteiger partial charge in [0.05, 0.1) is 18.0 Å². The van der Waals surface area contributed by atoms with Gasteiger partial charge in [-0.25, -0.2) is 4.98 Å². The van der Waals surface area contributed by atoms with Gasteiger partial charge in [-0.3, -0.25) is 4.79 Å². The molecule has 1 N–H and O–H groups in total. The smallest absolute Gasteiger partial charge is 0.255 e. The molecule has 29 heavy (non-hydrogen) atoms. The molecule has 0 spiro atoms. The van der Waals surface area contributed by atoms with Gasteiger partial charge in [0.15, 0.2) is 0 Å². The van der Waals surface area contributed by atoms with Gasteiger partial charge in [-0.05, 0) is 50.2 Å². The minimum Gasteiger partial charge on any atom is -0.491 e. The molecule has 2 aromatic rings. The second kappa shape index (κ2) is 9.24. The summed E-state index contributed by atoms with van der Waals surface area (Å²) < 4.78 is 11.4. The number of benzene rings is 1. The number of likely N-dealkylation sites (N-methyl/N-ethyl adjacent to an activating group) is 1. The number of rotatable bonds is 6. The lowest BCUT2D eigenvalue weighted by molar-refractivity contribution is 0.0679. The van der Waals surface area contributed by atoms with Gasteiger partial charge in [0.25, 0.3) is 5.91 Å². The summed E-state index contributed by atoms with van der Waals surface area (Å²) in [6.45, 7) is 5.32. The van der Waals surface area contributed by atoms with Crippen LogP contribution in [0.25, 0.3) is 0 Å². The van der Waals surface area contributed by atoms with E-state index >= 15 is 0 Å². The second-order valence-electron chi connectivity index (χ2n) is 7.62. The molecule has 1 aromatic carbocycles. The number of aromatic nitrogens is 1. The van der Waals surface area contributed by atoms with E-state index in [2.05, 4.69) is 27.1 Å². The maximum atomic E-state index is 12.6. The van der Waals surface area contributed by atoms with Crippen LogP contribution in [0.2, 0.25) is 0 Å². The highest BCUT2D eigenvalue weighted by molar-refractivity contribution is 6.04. The number of hydrogen-bond donors (Lipinski definition) is 1. The van der Waals surface area contributed by atoms with Crippen LogP contribution in [0.15, 0.2) is 42.6 Å². The second-order valence-corrected chi connectivity index (χ2v) is 7.62. The van der Waals surface area contributed by atoms with Crippen LogP contribution in [0.3, 0.4) is 0 Å². The number of nitrogens with one attached hydrogen (secondary N) is 1. The van der Waals surface area contributed by atoms with Crippen LogP contribution in [0.4, 0.5) is 11.5 Å². The summed E-state index contributed by atoms with van der Waals surface area (Å²) in [6.07, 6.45) is 3.97. The van der Waals surface area contributed by atoms with Crippen molar-refractivity contribution < 1.29 is 14.3 Å². The van der Waals surface area contributed by atoms with Crippen LogP contribution in [0, 0.1) is 0 Å². The van der Waals surface area contributed by atoms with Crippen LogP contribution in [-0.2, 0) is 4.74 Å². The predicted octanol–water partition coefficient (Wildman–Crippen LogP) is 2.64. The molecular formula is C22H28N4O3. The van der Waals surface area contributed by atoms with Gasteiger partial charge < -0.3 is 24.6 Å². The molecule has 3 heterocycles. The molecule has 2 aliphatic heterocycles. The Labute approximate surface area is 171 Å². The molecule has 2 saturated heterocycles. The molecule has 0 aliphatic carbocycles. The fraction of sp³-hybridized carbons (Fsp3) is 0.455. The molecule has 154 valence electrons. The van der Waals surface area contributed by atoms with Crippen molar-refractivity contribution in [3.05, 3.63) is 48.2 Å². The highest BCUT2D eigenvalue weighted by Gasteiger charge is 2.17. The lowest BCUT2D eigenvalue weighted by atomic mass is 10.2. The van der Waals surface area contributed by atoms with Crippen LogP contribution in [-0.4, -0.2) is 68.3 Å². The molecular weight excluding hydrogens is 368 g/mol. The number of carbonyl (C=O) groups is 1. The number of hydrogen-bond acceptors (Lipinski definition) is 6. The Hall–Kier alpha value is -2.64. The number of pyridine rings is 1. The zero-order valence-electron chi connectivity index (χ0n) is 16.8. The Morgan fingerprint density at radius 1 is 1.24 bits per heavy atom. The monoisotopic (exact) mass is 396 g/mol. The lowest BCUT2D eigenvalue weighted by Gasteiger charge is -2.33. The van der Waals surface area contributed by atoms with Crippen molar-refractivity contribution in [2.75, 3.05) is 56.7 Å². The zero-order chi connectivity index (χ0) is 20.1. The highest BCUT2D eigenvalue weighted by Crippen LogP contribution is 2.19. The number of ether oxygens (including phenoxy) is 2. The number of amides is 1. The summed E-state index contributed by atoms with van der Waals surface area (Å²) in [7, 11) is 2.13. The molecule has 1 amide bonds. The average molecular weight is 396 g/mol. The number of piperazine rings is 1. The van der Waals surface area contributed by atoms with Crippen LogP contribution < -0.4 is 15.0 Å². The first kappa shape index (κ1) is 19.7. The van der Waals surface area contributed by atoms with Gasteiger partial charge >= 0.3 is 0 Å². The molecule has 4 rings (SSSR count). The van der Waals surface area contributed by atoms with Crippen LogP contribution >= 0.6 is 0 Å². The topological polar surface area (TPSA) is 66.9 Å². The first-order valence-corrected chi connectivity index (χ1v) is 10.2. The first-order chi connectivity index (χ1) is 14.2. The SMILES string of the molecule is CN1CCN(c2ccc(NC(=O)c3cccc(OCC4CCCO4)c3)cn2)CC1. The average Bonchev–Trinajstić information content (AvgIpc) is 3.27. The Morgan fingerprint density at radius 3 is 2.83 bits per heavy atom. The van der Waals surface area contributed by atoms with Gasteiger partial charge in [0.1, 0.15) is 18.2 Å². The minimum absolute atomic E-state index is 0.150. The molecule has 1 unspecified atom stereocenters. The Balaban J connectivity index is 1.33. The number of carbonyl (C=O) groups excluding carboxylic acids is 1. The minimum atomic E-state index is -0.179. The van der Waals surface area contributed by atoms with Crippen molar-refractivity contribution in [1.29, 1.82) is 0 Å². The first-order valence-electron chi connectivity index (χ1n) is 10.2. The predicted molar refractivity (Wildman–Crippen MR) is 113 cm³/mol. The van der Waals surface area contributed by atoms with Crippen molar-refractivity contribution >= 4 is 17.4 Å². The van der Waals surface area contributed by atoms with E-state index in [9.17, 15) is 4.79 Å². The Bertz CT molecular complexity index is 813. The summed E-state index contributed by atoms with van der Waals surface area (Å²) >= 11 is 0. The van der Waals surface area contributed by atoms with Gasteiger partial charge in [-0.1, -0.05) is 6.07 Å². The van der Waals surface area contributed by atoms with Crippen LogP contribution in [0.1, 0.15) is 23.2 Å². The Kier molecular flexibility index (Phi) is 6.27. The number of nitrogens with zero attached hydrogens (tertiary/aromatic N) is 3. The van der Waals surface area contributed by atoms with E-state index < -0.39 is 0 Å². The van der Waals surface area contributed by atoms with Crippen molar-refractivity contribution in [2.24, 2.45) is 0 Å². The maximum Gasteiger partial charge on any atom is 0.255 e. The molecule has 7 heteroatoms. The summed E-state index contributed by atoms with van der Waals surface area (Å²) in [6, 6.07) is 11.1. The summed E-state index contributed by atoms with van der Waals surface area (Å²) in [5.74, 6) is 1.44. The van der Waals surface area contributed by atoms with Gasteiger partial charge in [-0.15, -0.1) is 0 Å². The van der Waals surface area contributed by atoms with Crippen molar-refractivity contribution in [3.63, 3.8) is 0 Å². The zero-order valence-corrected chi connectivity index (χ0v) is 16.8. The molecule has 7 nitrogen and oxygen atoms in total. The Morgan fingerprint density at radius 2 is 2.10 bits per heavy atom. The fourth-order valence-electron chi connectivity index (χ4n) is 3.58. The van der Waals surface area contributed by atoms with E-state index in [-0.39, 0.29) is 12.0 Å². The van der Waals surface area contributed by atoms with Crippen molar-refractivity contribution in [3.8, 4) is 5.75 Å². The molecule has 2 aliphatic rings. The lowest BCUT2D eigenvalue weighted by Crippen LogP contribution is -2.44. The standard InChI is InChI=1S/C22H28N4O3/c1-25-9-11-26(12-10-25)21-8-7-18(15-23-21)24-22(27)17-4-2-5-19(14-17)29-16-20-6-3-13-28-20/h2,4-5,7-8,14-15,20H,3,6,9-13,16H2,1H3,(H,24,27). The van der Waals surface area contributed by atoms with Crippen molar-refractivity contribution in [1.82, 2.24) is 9.88 Å². The highest BCUT2D eigenvalue weighted by atomic mass is 16.5. The van der Waals surface area contributed by atoms with E-state index in [1.807, 2.05) is 24.3 Å². The largest absolute Gasteiger partial charge is 0.491 e. The quantitative estimate of drug-likeness (QED) is 0.810. The third-order valence-corrected chi connectivity index (χ3v) is 5.39. The van der Waals surface area contributed by atoms with E-state index in [1.54, 1.807) is 18.3 Å². The molecule has 1 atom stereocenters. The molecule has 1 aromatic heterocycles. The molecule has 0 saturated carbocycles. The van der Waals surface area contributed by atoms with Gasteiger partial charge in [0, 0.05) is 38.3 Å². The van der Waals surface area contributed by atoms with E-state index in [0.29, 0.717) is 23.6 Å². The third kappa shape index (κ3) is 5.25. The maximum absolute atomic E-state index is 12.6.